The van der Waals surface area contributed by atoms with Gasteiger partial charge in [0.15, 0.2) is 11.8 Å². The number of nitrogens with zero attached hydrogens (tertiary/aromatic N) is 4. The Morgan fingerprint density at radius 2 is 2.15 bits per heavy atom. The van der Waals surface area contributed by atoms with E-state index >= 15 is 0 Å². The van der Waals surface area contributed by atoms with Gasteiger partial charge in [-0.1, -0.05) is 37.3 Å². The van der Waals surface area contributed by atoms with Crippen LogP contribution in [0.4, 0.5) is 0 Å². The van der Waals surface area contributed by atoms with Gasteiger partial charge in [0.05, 0.1) is 19.2 Å². The topological polar surface area (TPSA) is 87.4 Å². The third kappa shape index (κ3) is 5.53. The first kappa shape index (κ1) is 19.4. The van der Waals surface area contributed by atoms with Gasteiger partial charge in [-0.2, -0.15) is 5.10 Å². The molecule has 1 aliphatic heterocycles. The zero-order valence-corrected chi connectivity index (χ0v) is 16.2. The van der Waals surface area contributed by atoms with E-state index in [9.17, 15) is 5.11 Å². The molecule has 7 heteroatoms. The largest absolute Gasteiger partial charge is 0.391 e. The highest BCUT2D eigenvalue weighted by atomic mass is 16.3. The van der Waals surface area contributed by atoms with Crippen molar-refractivity contribution in [1.82, 2.24) is 25.4 Å². The van der Waals surface area contributed by atoms with Crippen LogP contribution in [0.5, 0.6) is 0 Å². The molecule has 146 valence electrons. The molecular weight excluding hydrogens is 340 g/mol. The minimum Gasteiger partial charge on any atom is -0.391 e. The zero-order valence-electron chi connectivity index (χ0n) is 16.2. The highest BCUT2D eigenvalue weighted by molar-refractivity contribution is 5.80. The Morgan fingerprint density at radius 1 is 1.33 bits per heavy atom. The van der Waals surface area contributed by atoms with Gasteiger partial charge in [0.25, 0.3) is 0 Å². The van der Waals surface area contributed by atoms with Crippen molar-refractivity contribution < 1.29 is 5.11 Å². The van der Waals surface area contributed by atoms with Gasteiger partial charge in [-0.05, 0) is 18.9 Å². The first-order valence-corrected chi connectivity index (χ1v) is 9.87. The summed E-state index contributed by atoms with van der Waals surface area (Å²) in [6.45, 7) is 6.06. The fraction of sp³-hybridized carbons (Fsp3) is 0.550. The quantitative estimate of drug-likeness (QED) is 0.505. The lowest BCUT2D eigenvalue weighted by Gasteiger charge is -2.25. The average Bonchev–Trinajstić information content (AvgIpc) is 3.09. The third-order valence-electron chi connectivity index (χ3n) is 4.68. The van der Waals surface area contributed by atoms with Crippen LogP contribution >= 0.6 is 0 Å². The van der Waals surface area contributed by atoms with Crippen LogP contribution in [0.25, 0.3) is 0 Å². The van der Waals surface area contributed by atoms with Crippen LogP contribution in [0.3, 0.4) is 0 Å². The Hall–Kier alpha value is -2.41. The molecule has 0 saturated heterocycles. The molecule has 1 aromatic heterocycles. The number of aromatic nitrogens is 3. The molecule has 2 heterocycles. The maximum Gasteiger partial charge on any atom is 0.191 e. The van der Waals surface area contributed by atoms with Crippen molar-refractivity contribution in [3.8, 4) is 0 Å². The first-order valence-electron chi connectivity index (χ1n) is 9.87. The molecule has 0 bridgehead atoms. The van der Waals surface area contributed by atoms with Gasteiger partial charge in [0, 0.05) is 31.8 Å². The van der Waals surface area contributed by atoms with E-state index in [1.165, 1.54) is 0 Å². The van der Waals surface area contributed by atoms with E-state index in [0.717, 1.165) is 55.5 Å². The molecular formula is C20H30N6O. The van der Waals surface area contributed by atoms with Crippen molar-refractivity contribution in [2.45, 2.75) is 58.2 Å². The second kappa shape index (κ2) is 9.50. The maximum atomic E-state index is 10.3. The van der Waals surface area contributed by atoms with Crippen LogP contribution in [-0.4, -0.2) is 51.1 Å². The highest BCUT2D eigenvalue weighted by Gasteiger charge is 2.22. The summed E-state index contributed by atoms with van der Waals surface area (Å²) in [4.78, 5) is 9.14. The predicted molar refractivity (Wildman–Crippen MR) is 107 cm³/mol. The van der Waals surface area contributed by atoms with E-state index in [-0.39, 0.29) is 6.04 Å². The summed E-state index contributed by atoms with van der Waals surface area (Å²) in [7, 11) is 0. The van der Waals surface area contributed by atoms with Gasteiger partial charge in [-0.15, -0.1) is 0 Å². The first-order chi connectivity index (χ1) is 13.2. The Kier molecular flexibility index (Phi) is 6.81. The van der Waals surface area contributed by atoms with E-state index in [2.05, 4.69) is 32.6 Å². The smallest absolute Gasteiger partial charge is 0.191 e. The van der Waals surface area contributed by atoms with Crippen molar-refractivity contribution in [3.63, 3.8) is 0 Å². The summed E-state index contributed by atoms with van der Waals surface area (Å²) < 4.78 is 2.01. The van der Waals surface area contributed by atoms with E-state index in [1.807, 2.05) is 41.9 Å². The normalized spacial score (nSPS) is 18.0. The molecule has 0 aliphatic carbocycles. The van der Waals surface area contributed by atoms with Crippen molar-refractivity contribution >= 4 is 5.96 Å². The number of aliphatic imine (C=N–C) groups is 1. The fourth-order valence-corrected chi connectivity index (χ4v) is 3.29. The summed E-state index contributed by atoms with van der Waals surface area (Å²) in [5.41, 5.74) is 1.12. The number of benzene rings is 1. The summed E-state index contributed by atoms with van der Waals surface area (Å²) >= 11 is 0. The summed E-state index contributed by atoms with van der Waals surface area (Å²) in [6, 6.07) is 10.3. The van der Waals surface area contributed by atoms with Crippen LogP contribution in [0.15, 0.2) is 35.3 Å². The van der Waals surface area contributed by atoms with Crippen molar-refractivity contribution in [1.29, 1.82) is 0 Å². The Bertz CT molecular complexity index is 742. The number of hydrogen-bond acceptors (Lipinski definition) is 4. The van der Waals surface area contributed by atoms with Crippen molar-refractivity contribution in [2.24, 2.45) is 4.99 Å². The van der Waals surface area contributed by atoms with Crippen LogP contribution in [-0.2, 0) is 25.8 Å². The number of rotatable bonds is 7. The lowest BCUT2D eigenvalue weighted by Crippen LogP contribution is -2.47. The van der Waals surface area contributed by atoms with E-state index in [1.54, 1.807) is 0 Å². The monoisotopic (exact) mass is 370 g/mol. The van der Waals surface area contributed by atoms with Gasteiger partial charge >= 0.3 is 0 Å². The van der Waals surface area contributed by atoms with Crippen LogP contribution < -0.4 is 10.6 Å². The molecule has 0 amide bonds. The molecule has 27 heavy (non-hydrogen) atoms. The number of aliphatic hydroxyl groups excluding tert-OH is 1. The summed E-state index contributed by atoms with van der Waals surface area (Å²) in [5.74, 6) is 2.73. The Morgan fingerprint density at radius 3 is 2.89 bits per heavy atom. The predicted octanol–water partition coefficient (Wildman–Crippen LogP) is 1.31. The highest BCUT2D eigenvalue weighted by Crippen LogP contribution is 2.13. The summed E-state index contributed by atoms with van der Waals surface area (Å²) in [5, 5.41) is 21.6. The standard InChI is InChI=1S/C20H30N6O/c1-3-18-24-19-11-10-16(14-26(19)25-18)23-20(21-4-2)22-13-17(27)12-15-8-6-5-7-9-15/h5-9,16-17,27H,3-4,10-14H2,1-2H3,(H2,21,22,23). The van der Waals surface area contributed by atoms with Crippen LogP contribution in [0, 0.1) is 0 Å². The van der Waals surface area contributed by atoms with E-state index in [0.29, 0.717) is 13.0 Å². The molecule has 1 aliphatic rings. The maximum absolute atomic E-state index is 10.3. The molecule has 0 fully saturated rings. The molecule has 7 nitrogen and oxygen atoms in total. The van der Waals surface area contributed by atoms with Gasteiger partial charge in [0.2, 0.25) is 0 Å². The molecule has 0 radical (unpaired) electrons. The molecule has 2 atom stereocenters. The minimum absolute atomic E-state index is 0.257. The third-order valence-corrected chi connectivity index (χ3v) is 4.68. The number of fused-ring (bicyclic) bond motifs is 1. The number of aliphatic hydroxyl groups is 1. The van der Waals surface area contributed by atoms with Crippen molar-refractivity contribution in [2.75, 3.05) is 13.1 Å². The Balaban J connectivity index is 1.56. The molecule has 2 unspecified atom stereocenters. The van der Waals surface area contributed by atoms with Gasteiger partial charge in [-0.3, -0.25) is 4.99 Å². The second-order valence-electron chi connectivity index (χ2n) is 6.92. The Labute approximate surface area is 160 Å². The zero-order chi connectivity index (χ0) is 19.1. The number of hydrogen-bond donors (Lipinski definition) is 3. The summed E-state index contributed by atoms with van der Waals surface area (Å²) in [6.07, 6.45) is 2.89. The molecule has 1 aromatic carbocycles. The molecule has 0 saturated carbocycles. The van der Waals surface area contributed by atoms with E-state index < -0.39 is 6.10 Å². The number of guanidine groups is 1. The molecule has 3 rings (SSSR count). The van der Waals surface area contributed by atoms with Gasteiger partial charge in [-0.25, -0.2) is 9.67 Å². The van der Waals surface area contributed by atoms with Crippen molar-refractivity contribution in [3.05, 3.63) is 47.5 Å². The van der Waals surface area contributed by atoms with Gasteiger partial charge in [0.1, 0.15) is 5.82 Å². The average molecular weight is 371 g/mol. The fourth-order valence-electron chi connectivity index (χ4n) is 3.29. The number of nitrogens with one attached hydrogen (secondary N) is 2. The second-order valence-corrected chi connectivity index (χ2v) is 6.92. The lowest BCUT2D eigenvalue weighted by molar-refractivity contribution is 0.183. The van der Waals surface area contributed by atoms with E-state index in [4.69, 9.17) is 0 Å². The molecule has 0 spiro atoms. The molecule has 3 N–H and O–H groups in total. The van der Waals surface area contributed by atoms with Crippen LogP contribution in [0.1, 0.15) is 37.5 Å². The molecule has 2 aromatic rings. The van der Waals surface area contributed by atoms with Crippen LogP contribution in [0.2, 0.25) is 0 Å². The number of aryl methyl sites for hydroxylation is 2. The lowest BCUT2D eigenvalue weighted by atomic mass is 10.1. The SMILES string of the molecule is CCNC(=NCC(O)Cc1ccccc1)NC1CCc2nc(CC)nn2C1. The van der Waals surface area contributed by atoms with Gasteiger partial charge < -0.3 is 15.7 Å². The minimum atomic E-state index is -0.497.